The Morgan fingerprint density at radius 2 is 2.41 bits per heavy atom. The topological polar surface area (TPSA) is 58.6 Å². The smallest absolute Gasteiger partial charge is 0.324 e. The summed E-state index contributed by atoms with van der Waals surface area (Å²) in [5.74, 6) is 0.0458. The fraction of sp³-hybridized carbons (Fsp3) is 0.462. The zero-order valence-electron chi connectivity index (χ0n) is 10.1. The average molecular weight is 235 g/mol. The summed E-state index contributed by atoms with van der Waals surface area (Å²) in [7, 11) is 1.69. The first kappa shape index (κ1) is 11.9. The molecule has 2 atom stereocenters. The van der Waals surface area contributed by atoms with Crippen molar-refractivity contribution < 1.29 is 14.6 Å². The van der Waals surface area contributed by atoms with Crippen LogP contribution in [0.5, 0.6) is 5.75 Å². The molecule has 0 radical (unpaired) electrons. The lowest BCUT2D eigenvalue weighted by Gasteiger charge is -2.11. The van der Waals surface area contributed by atoms with Gasteiger partial charge in [0.05, 0.1) is 6.61 Å². The van der Waals surface area contributed by atoms with E-state index in [1.165, 1.54) is 0 Å². The SMILES string of the molecule is CCOc1cccc(C2CC2(NC)C(=O)O)c1. The van der Waals surface area contributed by atoms with Crippen LogP contribution in [0.15, 0.2) is 24.3 Å². The molecular formula is C13H17NO3. The summed E-state index contributed by atoms with van der Waals surface area (Å²) < 4.78 is 5.42. The van der Waals surface area contributed by atoms with Gasteiger partial charge in [-0.25, -0.2) is 0 Å². The van der Waals surface area contributed by atoms with E-state index in [4.69, 9.17) is 4.74 Å². The van der Waals surface area contributed by atoms with Crippen LogP contribution in [0.4, 0.5) is 0 Å². The monoisotopic (exact) mass is 235 g/mol. The van der Waals surface area contributed by atoms with Gasteiger partial charge in [0, 0.05) is 5.92 Å². The van der Waals surface area contributed by atoms with Gasteiger partial charge in [0.1, 0.15) is 11.3 Å². The van der Waals surface area contributed by atoms with Gasteiger partial charge in [0.2, 0.25) is 0 Å². The largest absolute Gasteiger partial charge is 0.494 e. The van der Waals surface area contributed by atoms with E-state index in [0.717, 1.165) is 11.3 Å². The summed E-state index contributed by atoms with van der Waals surface area (Å²) in [6, 6.07) is 7.67. The number of benzene rings is 1. The minimum atomic E-state index is -0.787. The summed E-state index contributed by atoms with van der Waals surface area (Å²) in [6.07, 6.45) is 0.633. The van der Waals surface area contributed by atoms with E-state index < -0.39 is 11.5 Å². The number of carbonyl (C=O) groups is 1. The van der Waals surface area contributed by atoms with Crippen molar-refractivity contribution in [2.45, 2.75) is 24.8 Å². The molecule has 2 N–H and O–H groups in total. The quantitative estimate of drug-likeness (QED) is 0.814. The number of nitrogens with one attached hydrogen (secondary N) is 1. The second kappa shape index (κ2) is 4.37. The number of aliphatic carboxylic acids is 1. The number of likely N-dealkylation sites (N-methyl/N-ethyl adjacent to an activating group) is 1. The molecule has 4 nitrogen and oxygen atoms in total. The number of rotatable bonds is 5. The van der Waals surface area contributed by atoms with Crippen LogP contribution in [0.25, 0.3) is 0 Å². The molecule has 2 rings (SSSR count). The van der Waals surface area contributed by atoms with Crippen molar-refractivity contribution in [2.75, 3.05) is 13.7 Å². The summed E-state index contributed by atoms with van der Waals surface area (Å²) in [4.78, 5) is 11.2. The number of carboxylic acids is 1. The van der Waals surface area contributed by atoms with E-state index in [9.17, 15) is 9.90 Å². The molecule has 0 amide bonds. The van der Waals surface area contributed by atoms with Crippen molar-refractivity contribution in [1.82, 2.24) is 5.32 Å². The van der Waals surface area contributed by atoms with E-state index in [2.05, 4.69) is 5.32 Å². The standard InChI is InChI=1S/C13H17NO3/c1-3-17-10-6-4-5-9(7-10)11-8-13(11,14-2)12(15)16/h4-7,11,14H,3,8H2,1-2H3,(H,15,16). The lowest BCUT2D eigenvalue weighted by Crippen LogP contribution is -2.38. The molecular weight excluding hydrogens is 218 g/mol. The molecule has 1 aliphatic carbocycles. The molecule has 0 aromatic heterocycles. The third kappa shape index (κ3) is 2.00. The van der Waals surface area contributed by atoms with Gasteiger partial charge in [-0.3, -0.25) is 4.79 Å². The Hall–Kier alpha value is -1.55. The van der Waals surface area contributed by atoms with Gasteiger partial charge in [-0.05, 0) is 38.1 Å². The number of ether oxygens (including phenoxy) is 1. The number of hydrogen-bond donors (Lipinski definition) is 2. The Labute approximate surface area is 101 Å². The van der Waals surface area contributed by atoms with Crippen LogP contribution in [-0.2, 0) is 4.79 Å². The Bertz CT molecular complexity index is 432. The zero-order chi connectivity index (χ0) is 12.5. The molecule has 1 fully saturated rings. The van der Waals surface area contributed by atoms with Crippen LogP contribution in [0.1, 0.15) is 24.8 Å². The summed E-state index contributed by atoms with van der Waals surface area (Å²) in [5.41, 5.74) is 0.234. The predicted octanol–water partition coefficient (Wildman–Crippen LogP) is 1.62. The van der Waals surface area contributed by atoms with Crippen LogP contribution < -0.4 is 10.1 Å². The maximum atomic E-state index is 11.2. The van der Waals surface area contributed by atoms with E-state index in [-0.39, 0.29) is 5.92 Å². The first-order valence-electron chi connectivity index (χ1n) is 5.79. The lowest BCUT2D eigenvalue weighted by atomic mass is 10.1. The van der Waals surface area contributed by atoms with E-state index >= 15 is 0 Å². The highest BCUT2D eigenvalue weighted by molar-refractivity contribution is 5.85. The molecule has 1 aromatic rings. The highest BCUT2D eigenvalue weighted by atomic mass is 16.5. The number of carboxylic acid groups (broad SMARTS) is 1. The molecule has 0 heterocycles. The molecule has 0 aliphatic heterocycles. The van der Waals surface area contributed by atoms with E-state index in [1.54, 1.807) is 7.05 Å². The molecule has 1 aliphatic rings. The van der Waals surface area contributed by atoms with Crippen molar-refractivity contribution in [1.29, 1.82) is 0 Å². The molecule has 1 saturated carbocycles. The van der Waals surface area contributed by atoms with E-state index in [1.807, 2.05) is 31.2 Å². The molecule has 0 bridgehead atoms. The first-order chi connectivity index (χ1) is 8.14. The van der Waals surface area contributed by atoms with Gasteiger partial charge in [-0.2, -0.15) is 0 Å². The van der Waals surface area contributed by atoms with E-state index in [0.29, 0.717) is 13.0 Å². The zero-order valence-corrected chi connectivity index (χ0v) is 10.1. The van der Waals surface area contributed by atoms with Gasteiger partial charge in [0.15, 0.2) is 0 Å². The molecule has 17 heavy (non-hydrogen) atoms. The lowest BCUT2D eigenvalue weighted by molar-refractivity contribution is -0.140. The fourth-order valence-corrected chi connectivity index (χ4v) is 2.27. The molecule has 92 valence electrons. The molecule has 0 saturated heterocycles. The maximum absolute atomic E-state index is 11.2. The normalized spacial score (nSPS) is 26.6. The average Bonchev–Trinajstić information content (AvgIpc) is 3.06. The Morgan fingerprint density at radius 3 is 2.94 bits per heavy atom. The van der Waals surface area contributed by atoms with Gasteiger partial charge in [0.25, 0.3) is 0 Å². The summed E-state index contributed by atoms with van der Waals surface area (Å²) >= 11 is 0. The van der Waals surface area contributed by atoms with Gasteiger partial charge in [-0.15, -0.1) is 0 Å². The second-order valence-electron chi connectivity index (χ2n) is 4.29. The van der Waals surface area contributed by atoms with Gasteiger partial charge < -0.3 is 15.2 Å². The van der Waals surface area contributed by atoms with Gasteiger partial charge >= 0.3 is 5.97 Å². The highest BCUT2D eigenvalue weighted by Gasteiger charge is 2.60. The molecule has 2 unspecified atom stereocenters. The highest BCUT2D eigenvalue weighted by Crippen LogP contribution is 2.51. The van der Waals surface area contributed by atoms with Crippen molar-refractivity contribution in [3.05, 3.63) is 29.8 Å². The molecule has 0 spiro atoms. The van der Waals surface area contributed by atoms with Crippen LogP contribution >= 0.6 is 0 Å². The van der Waals surface area contributed by atoms with Gasteiger partial charge in [-0.1, -0.05) is 12.1 Å². The van der Waals surface area contributed by atoms with Crippen LogP contribution in [0.3, 0.4) is 0 Å². The molecule has 4 heteroatoms. The van der Waals surface area contributed by atoms with Crippen molar-refractivity contribution in [2.24, 2.45) is 0 Å². The summed E-state index contributed by atoms with van der Waals surface area (Å²) in [5, 5.41) is 12.1. The minimum absolute atomic E-state index is 0.0328. The van der Waals surface area contributed by atoms with Crippen LogP contribution in [0.2, 0.25) is 0 Å². The number of hydrogen-bond acceptors (Lipinski definition) is 3. The van der Waals surface area contributed by atoms with Crippen molar-refractivity contribution in [3.8, 4) is 5.75 Å². The fourth-order valence-electron chi connectivity index (χ4n) is 2.27. The van der Waals surface area contributed by atoms with Crippen molar-refractivity contribution >= 4 is 5.97 Å². The third-order valence-electron chi connectivity index (χ3n) is 3.36. The molecule has 1 aromatic carbocycles. The van der Waals surface area contributed by atoms with Crippen LogP contribution in [0, 0.1) is 0 Å². The second-order valence-corrected chi connectivity index (χ2v) is 4.29. The predicted molar refractivity (Wildman–Crippen MR) is 64.4 cm³/mol. The minimum Gasteiger partial charge on any atom is -0.494 e. The maximum Gasteiger partial charge on any atom is 0.324 e. The Kier molecular flexibility index (Phi) is 3.07. The summed E-state index contributed by atoms with van der Waals surface area (Å²) in [6.45, 7) is 2.54. The Balaban J connectivity index is 2.20. The van der Waals surface area contributed by atoms with Crippen molar-refractivity contribution in [3.63, 3.8) is 0 Å². The first-order valence-corrected chi connectivity index (χ1v) is 5.79. The Morgan fingerprint density at radius 1 is 1.65 bits per heavy atom. The third-order valence-corrected chi connectivity index (χ3v) is 3.36. The van der Waals surface area contributed by atoms with Crippen LogP contribution in [-0.4, -0.2) is 30.3 Å².